The highest BCUT2D eigenvalue weighted by molar-refractivity contribution is 6.30. The summed E-state index contributed by atoms with van der Waals surface area (Å²) in [6.45, 7) is 1.99. The van der Waals surface area contributed by atoms with E-state index < -0.39 is 5.91 Å². The fraction of sp³-hybridized carbons (Fsp3) is 0.0870. The third-order valence-corrected chi connectivity index (χ3v) is 4.73. The molecule has 4 rings (SSSR count). The highest BCUT2D eigenvalue weighted by atomic mass is 35.5. The van der Waals surface area contributed by atoms with Crippen LogP contribution in [0.15, 0.2) is 72.8 Å². The van der Waals surface area contributed by atoms with Crippen LogP contribution < -0.4 is 10.1 Å². The van der Waals surface area contributed by atoms with Crippen molar-refractivity contribution in [3.05, 3.63) is 89.2 Å². The van der Waals surface area contributed by atoms with E-state index in [2.05, 4.69) is 15.4 Å². The molecule has 0 aliphatic carbocycles. The molecule has 0 aliphatic rings. The van der Waals surface area contributed by atoms with Gasteiger partial charge in [0.1, 0.15) is 5.75 Å². The second-order valence-corrected chi connectivity index (χ2v) is 7.11. The summed E-state index contributed by atoms with van der Waals surface area (Å²) in [5.41, 5.74) is 3.17. The summed E-state index contributed by atoms with van der Waals surface area (Å²) in [5.74, 6) is 0.680. The zero-order valence-electron chi connectivity index (χ0n) is 16.5. The maximum atomic E-state index is 12.9. The summed E-state index contributed by atoms with van der Waals surface area (Å²) in [6, 6.07) is 22.3. The van der Waals surface area contributed by atoms with Gasteiger partial charge in [0.25, 0.3) is 5.91 Å². The molecule has 0 saturated heterocycles. The normalized spacial score (nSPS) is 10.6. The largest absolute Gasteiger partial charge is 0.495 e. The predicted molar refractivity (Wildman–Crippen MR) is 117 cm³/mol. The summed E-state index contributed by atoms with van der Waals surface area (Å²) in [4.78, 5) is 17.4. The Balaban J connectivity index is 1.78. The molecule has 7 heteroatoms. The number of methoxy groups -OCH3 is 1. The van der Waals surface area contributed by atoms with Crippen LogP contribution in [0, 0.1) is 6.92 Å². The van der Waals surface area contributed by atoms with Gasteiger partial charge in [-0.15, -0.1) is 5.10 Å². The first-order valence-electron chi connectivity index (χ1n) is 9.29. The minimum absolute atomic E-state index is 0.0392. The van der Waals surface area contributed by atoms with Crippen LogP contribution in [-0.2, 0) is 0 Å². The number of aromatic nitrogens is 3. The van der Waals surface area contributed by atoms with E-state index in [0.717, 1.165) is 16.8 Å². The molecule has 0 bridgehead atoms. The third kappa shape index (κ3) is 4.04. The molecule has 4 aromatic rings. The van der Waals surface area contributed by atoms with Crippen molar-refractivity contribution in [1.82, 2.24) is 14.8 Å². The second-order valence-electron chi connectivity index (χ2n) is 6.67. The van der Waals surface area contributed by atoms with Gasteiger partial charge in [-0.2, -0.15) is 0 Å². The maximum absolute atomic E-state index is 12.9. The molecule has 0 unspecified atom stereocenters. The number of anilines is 1. The molecule has 150 valence electrons. The zero-order chi connectivity index (χ0) is 21.1. The number of ether oxygens (including phenoxy) is 1. The zero-order valence-corrected chi connectivity index (χ0v) is 17.2. The van der Waals surface area contributed by atoms with Gasteiger partial charge in [0, 0.05) is 10.6 Å². The lowest BCUT2D eigenvalue weighted by molar-refractivity contribution is 0.101. The van der Waals surface area contributed by atoms with Gasteiger partial charge in [-0.05, 0) is 48.9 Å². The van der Waals surface area contributed by atoms with Gasteiger partial charge in [-0.1, -0.05) is 48.0 Å². The molecule has 0 saturated carbocycles. The summed E-state index contributed by atoms with van der Waals surface area (Å²) < 4.78 is 6.95. The number of amides is 1. The summed E-state index contributed by atoms with van der Waals surface area (Å²) in [6.07, 6.45) is 0. The molecule has 3 aromatic carbocycles. The summed E-state index contributed by atoms with van der Waals surface area (Å²) >= 11 is 6.18. The van der Waals surface area contributed by atoms with Crippen molar-refractivity contribution in [3.63, 3.8) is 0 Å². The Morgan fingerprint density at radius 1 is 1.03 bits per heavy atom. The Kier molecular flexibility index (Phi) is 5.50. The van der Waals surface area contributed by atoms with Gasteiger partial charge in [0.15, 0.2) is 5.82 Å². The van der Waals surface area contributed by atoms with E-state index in [1.165, 1.54) is 0 Å². The highest BCUT2D eigenvalue weighted by Gasteiger charge is 2.20. The molecule has 0 spiro atoms. The van der Waals surface area contributed by atoms with E-state index >= 15 is 0 Å². The molecule has 0 atom stereocenters. The van der Waals surface area contributed by atoms with Gasteiger partial charge in [-0.3, -0.25) is 4.79 Å². The summed E-state index contributed by atoms with van der Waals surface area (Å²) in [7, 11) is 1.55. The average molecular weight is 419 g/mol. The van der Waals surface area contributed by atoms with Crippen LogP contribution in [0.5, 0.6) is 5.75 Å². The van der Waals surface area contributed by atoms with E-state index in [4.69, 9.17) is 16.3 Å². The Bertz CT molecular complexity index is 1160. The first-order valence-corrected chi connectivity index (χ1v) is 9.67. The van der Waals surface area contributed by atoms with E-state index in [0.29, 0.717) is 22.3 Å². The van der Waals surface area contributed by atoms with Gasteiger partial charge in [-0.25, -0.2) is 9.67 Å². The number of rotatable bonds is 5. The molecule has 1 heterocycles. The molecule has 0 radical (unpaired) electrons. The van der Waals surface area contributed by atoms with Gasteiger partial charge < -0.3 is 10.1 Å². The maximum Gasteiger partial charge on any atom is 0.295 e. The lowest BCUT2D eigenvalue weighted by Crippen LogP contribution is -2.15. The first-order chi connectivity index (χ1) is 14.5. The quantitative estimate of drug-likeness (QED) is 0.486. The fourth-order valence-electron chi connectivity index (χ4n) is 3.09. The number of carbonyl (C=O) groups is 1. The molecule has 1 N–H and O–H groups in total. The van der Waals surface area contributed by atoms with Crippen molar-refractivity contribution < 1.29 is 9.53 Å². The summed E-state index contributed by atoms with van der Waals surface area (Å²) in [5, 5.41) is 7.88. The number of nitrogens with one attached hydrogen (secondary N) is 1. The van der Waals surface area contributed by atoms with Crippen LogP contribution in [0.2, 0.25) is 5.02 Å². The Hall–Kier alpha value is -3.64. The molecule has 0 fully saturated rings. The number of hydrogen-bond donors (Lipinski definition) is 1. The number of para-hydroxylation sites is 2. The van der Waals surface area contributed by atoms with Crippen molar-refractivity contribution in [2.24, 2.45) is 0 Å². The molecule has 1 aromatic heterocycles. The molecule has 0 aliphatic heterocycles. The van der Waals surface area contributed by atoms with Crippen LogP contribution in [0.3, 0.4) is 0 Å². The van der Waals surface area contributed by atoms with Gasteiger partial charge >= 0.3 is 0 Å². The molecule has 6 nitrogen and oxygen atoms in total. The van der Waals surface area contributed by atoms with Crippen molar-refractivity contribution in [2.75, 3.05) is 12.4 Å². The SMILES string of the molecule is COc1ccccc1NC(=O)c1nc(-c2cccc(Cl)c2)n(-c2cccc(C)c2)n1. The number of hydrogen-bond acceptors (Lipinski definition) is 4. The van der Waals surface area contributed by atoms with Gasteiger partial charge in [0.05, 0.1) is 18.5 Å². The van der Waals surface area contributed by atoms with Gasteiger partial charge in [0.2, 0.25) is 5.82 Å². The minimum atomic E-state index is -0.436. The topological polar surface area (TPSA) is 69.0 Å². The lowest BCUT2D eigenvalue weighted by atomic mass is 10.2. The molecule has 1 amide bonds. The number of carbonyl (C=O) groups excluding carboxylic acids is 1. The van der Waals surface area contributed by atoms with Crippen molar-refractivity contribution in [3.8, 4) is 22.8 Å². The standard InChI is InChI=1S/C23H19ClN4O2/c1-15-7-5-10-18(13-15)28-22(16-8-6-9-17(24)14-16)26-21(27-28)23(29)25-19-11-3-4-12-20(19)30-2/h3-14H,1-2H3,(H,25,29). The molecular weight excluding hydrogens is 400 g/mol. The highest BCUT2D eigenvalue weighted by Crippen LogP contribution is 2.26. The van der Waals surface area contributed by atoms with Crippen LogP contribution >= 0.6 is 11.6 Å². The van der Waals surface area contributed by atoms with Crippen LogP contribution in [-0.4, -0.2) is 27.8 Å². The van der Waals surface area contributed by atoms with Crippen LogP contribution in [0.25, 0.3) is 17.1 Å². The monoisotopic (exact) mass is 418 g/mol. The van der Waals surface area contributed by atoms with E-state index in [9.17, 15) is 4.79 Å². The Morgan fingerprint density at radius 3 is 2.60 bits per heavy atom. The number of nitrogens with zero attached hydrogens (tertiary/aromatic N) is 3. The number of aryl methyl sites for hydroxylation is 1. The molecular formula is C23H19ClN4O2. The average Bonchev–Trinajstić information content (AvgIpc) is 3.20. The first kappa shape index (κ1) is 19.7. The Morgan fingerprint density at radius 2 is 1.83 bits per heavy atom. The molecule has 30 heavy (non-hydrogen) atoms. The smallest absolute Gasteiger partial charge is 0.295 e. The fourth-order valence-corrected chi connectivity index (χ4v) is 3.28. The second kappa shape index (κ2) is 8.39. The van der Waals surface area contributed by atoms with Crippen molar-refractivity contribution in [1.29, 1.82) is 0 Å². The van der Waals surface area contributed by atoms with Crippen LogP contribution in [0.1, 0.15) is 16.2 Å². The van der Waals surface area contributed by atoms with Crippen LogP contribution in [0.4, 0.5) is 5.69 Å². The minimum Gasteiger partial charge on any atom is -0.495 e. The van der Waals surface area contributed by atoms with Crippen molar-refractivity contribution in [2.45, 2.75) is 6.92 Å². The van der Waals surface area contributed by atoms with E-state index in [-0.39, 0.29) is 5.82 Å². The number of halogens is 1. The van der Waals surface area contributed by atoms with Crippen molar-refractivity contribution >= 4 is 23.2 Å². The number of benzene rings is 3. The van der Waals surface area contributed by atoms with E-state index in [1.807, 2.05) is 55.5 Å². The van der Waals surface area contributed by atoms with E-state index in [1.54, 1.807) is 36.1 Å². The Labute approximate surface area is 179 Å². The predicted octanol–water partition coefficient (Wildman–Crippen LogP) is 5.16. The third-order valence-electron chi connectivity index (χ3n) is 4.49. The lowest BCUT2D eigenvalue weighted by Gasteiger charge is -2.08.